The molecule has 2 aliphatic rings. The number of amides is 3. The molecule has 0 saturated carbocycles. The van der Waals surface area contributed by atoms with Crippen LogP contribution in [0.4, 0.5) is 4.79 Å². The Balaban J connectivity index is 1.55. The molecule has 1 N–H and O–H groups in total. The van der Waals surface area contributed by atoms with Gasteiger partial charge in [-0.25, -0.2) is 13.1 Å². The Morgan fingerprint density at radius 3 is 2.24 bits per heavy atom. The zero-order chi connectivity index (χ0) is 21.5. The number of rotatable bonds is 6. The Morgan fingerprint density at radius 2 is 1.72 bits per heavy atom. The summed E-state index contributed by atoms with van der Waals surface area (Å²) in [5, 5.41) is -0.265. The van der Waals surface area contributed by atoms with Crippen molar-refractivity contribution < 1.29 is 22.8 Å². The zero-order valence-electron chi connectivity index (χ0n) is 16.9. The van der Waals surface area contributed by atoms with Crippen LogP contribution in [0, 0.1) is 27.7 Å². The second kappa shape index (κ2) is 8.08. The highest BCUT2D eigenvalue weighted by Gasteiger charge is 2.43. The standard InChI is InChI=1S/C19H25N3O5S2/c1-11-7-12(2)14(4)18(13(11)3)29(26,27)20-6-5-16(23)21-8-15(9-21)22-17(24)10-28-19(22)25/h7,15,20H,5-6,8-10H2,1-4H3. The van der Waals surface area contributed by atoms with Crippen LogP contribution in [0.25, 0.3) is 0 Å². The smallest absolute Gasteiger partial charge is 0.289 e. The summed E-state index contributed by atoms with van der Waals surface area (Å²) >= 11 is 0.977. The van der Waals surface area contributed by atoms with Crippen molar-refractivity contribution in [3.05, 3.63) is 28.3 Å². The van der Waals surface area contributed by atoms with E-state index in [4.69, 9.17) is 0 Å². The molecular formula is C19H25N3O5S2. The number of nitrogens with one attached hydrogen (secondary N) is 1. The number of carbonyl (C=O) groups excluding carboxylic acids is 3. The van der Waals surface area contributed by atoms with Crippen LogP contribution in [0.15, 0.2) is 11.0 Å². The van der Waals surface area contributed by atoms with Gasteiger partial charge >= 0.3 is 0 Å². The molecule has 0 atom stereocenters. The Morgan fingerprint density at radius 1 is 1.14 bits per heavy atom. The first-order chi connectivity index (χ1) is 13.5. The maximum atomic E-state index is 12.8. The summed E-state index contributed by atoms with van der Waals surface area (Å²) in [6.07, 6.45) is 0.0193. The third kappa shape index (κ3) is 4.19. The van der Waals surface area contributed by atoms with Gasteiger partial charge in [0.1, 0.15) is 0 Å². The molecule has 2 heterocycles. The largest absolute Gasteiger partial charge is 0.338 e. The van der Waals surface area contributed by atoms with Crippen molar-refractivity contribution in [3.63, 3.8) is 0 Å². The summed E-state index contributed by atoms with van der Waals surface area (Å²) in [6, 6.07) is 1.69. The predicted octanol–water partition coefficient (Wildman–Crippen LogP) is 1.49. The molecule has 1 aromatic rings. The van der Waals surface area contributed by atoms with Gasteiger partial charge in [0, 0.05) is 26.1 Å². The summed E-state index contributed by atoms with van der Waals surface area (Å²) in [5.41, 5.74) is 3.21. The van der Waals surface area contributed by atoms with E-state index >= 15 is 0 Å². The van der Waals surface area contributed by atoms with E-state index in [0.29, 0.717) is 24.2 Å². The molecule has 10 heteroatoms. The van der Waals surface area contributed by atoms with Gasteiger partial charge in [-0.1, -0.05) is 17.8 Å². The van der Waals surface area contributed by atoms with Gasteiger partial charge in [0.15, 0.2) is 0 Å². The predicted molar refractivity (Wildman–Crippen MR) is 110 cm³/mol. The van der Waals surface area contributed by atoms with Gasteiger partial charge in [0.2, 0.25) is 21.8 Å². The Labute approximate surface area is 175 Å². The van der Waals surface area contributed by atoms with Crippen LogP contribution in [0.5, 0.6) is 0 Å². The molecule has 29 heavy (non-hydrogen) atoms. The van der Waals surface area contributed by atoms with E-state index in [-0.39, 0.29) is 46.7 Å². The monoisotopic (exact) mass is 439 g/mol. The van der Waals surface area contributed by atoms with E-state index in [1.54, 1.807) is 13.8 Å². The zero-order valence-corrected chi connectivity index (χ0v) is 18.6. The van der Waals surface area contributed by atoms with Crippen LogP contribution in [-0.4, -0.2) is 66.7 Å². The van der Waals surface area contributed by atoms with E-state index in [2.05, 4.69) is 4.72 Å². The maximum Gasteiger partial charge on any atom is 0.289 e. The van der Waals surface area contributed by atoms with Crippen LogP contribution in [0.1, 0.15) is 28.7 Å². The number of sulfonamides is 1. The number of carbonyl (C=O) groups is 3. The average Bonchev–Trinajstić information content (AvgIpc) is 2.91. The Bertz CT molecular complexity index is 942. The highest BCUT2D eigenvalue weighted by molar-refractivity contribution is 8.14. The Kier molecular flexibility index (Phi) is 6.07. The minimum atomic E-state index is -3.74. The quantitative estimate of drug-likeness (QED) is 0.720. The van der Waals surface area contributed by atoms with Crippen molar-refractivity contribution in [1.29, 1.82) is 0 Å². The van der Waals surface area contributed by atoms with Gasteiger partial charge in [-0.3, -0.25) is 19.3 Å². The summed E-state index contributed by atoms with van der Waals surface area (Å²) < 4.78 is 28.1. The molecule has 2 aliphatic heterocycles. The lowest BCUT2D eigenvalue weighted by atomic mass is 10.0. The van der Waals surface area contributed by atoms with Crippen molar-refractivity contribution >= 4 is 38.8 Å². The molecule has 3 amide bonds. The van der Waals surface area contributed by atoms with Gasteiger partial charge in [-0.15, -0.1) is 0 Å². The van der Waals surface area contributed by atoms with E-state index in [1.807, 2.05) is 19.9 Å². The second-order valence-corrected chi connectivity index (χ2v) is 10.1. The van der Waals surface area contributed by atoms with Crippen LogP contribution < -0.4 is 4.72 Å². The van der Waals surface area contributed by atoms with E-state index < -0.39 is 10.0 Å². The van der Waals surface area contributed by atoms with Gasteiger partial charge in [0.05, 0.1) is 16.7 Å². The molecule has 3 rings (SSSR count). The molecule has 8 nitrogen and oxygen atoms in total. The van der Waals surface area contributed by atoms with Crippen molar-refractivity contribution in [1.82, 2.24) is 14.5 Å². The first-order valence-corrected chi connectivity index (χ1v) is 11.8. The second-order valence-electron chi connectivity index (χ2n) is 7.51. The minimum absolute atomic E-state index is 0.00830. The number of nitrogens with zero attached hydrogens (tertiary/aromatic N) is 2. The lowest BCUT2D eigenvalue weighted by Gasteiger charge is -2.42. The molecule has 0 aromatic heterocycles. The van der Waals surface area contributed by atoms with Crippen molar-refractivity contribution in [2.45, 2.75) is 45.1 Å². The number of thioether (sulfide) groups is 1. The summed E-state index contributed by atoms with van der Waals surface area (Å²) in [6.45, 7) is 7.91. The van der Waals surface area contributed by atoms with Gasteiger partial charge in [-0.05, 0) is 49.9 Å². The topological polar surface area (TPSA) is 104 Å². The van der Waals surface area contributed by atoms with Crippen molar-refractivity contribution in [3.8, 4) is 0 Å². The third-order valence-electron chi connectivity index (χ3n) is 5.56. The first kappa shape index (κ1) is 21.8. The van der Waals surface area contributed by atoms with E-state index in [1.165, 1.54) is 9.80 Å². The molecule has 2 saturated heterocycles. The highest BCUT2D eigenvalue weighted by Crippen LogP contribution is 2.27. The molecule has 0 radical (unpaired) electrons. The fourth-order valence-corrected chi connectivity index (χ4v) is 6.07. The number of likely N-dealkylation sites (tertiary alicyclic amines) is 1. The molecular weight excluding hydrogens is 414 g/mol. The number of hydrogen-bond donors (Lipinski definition) is 1. The summed E-state index contributed by atoms with van der Waals surface area (Å²) in [4.78, 5) is 38.8. The van der Waals surface area contributed by atoms with Crippen molar-refractivity contribution in [2.24, 2.45) is 0 Å². The molecule has 0 bridgehead atoms. The fourth-order valence-electron chi connectivity index (χ4n) is 3.65. The number of aryl methyl sites for hydroxylation is 2. The average molecular weight is 440 g/mol. The summed E-state index contributed by atoms with van der Waals surface area (Å²) in [7, 11) is -3.74. The SMILES string of the molecule is Cc1cc(C)c(C)c(S(=O)(=O)NCCC(=O)N2CC(N3C(=O)CSC3=O)C2)c1C. The molecule has 158 valence electrons. The van der Waals surface area contributed by atoms with E-state index in [0.717, 1.165) is 22.9 Å². The molecule has 0 spiro atoms. The maximum absolute atomic E-state index is 12.8. The summed E-state index contributed by atoms with van der Waals surface area (Å²) in [5.74, 6) is -0.267. The number of benzene rings is 1. The van der Waals surface area contributed by atoms with Crippen LogP contribution >= 0.6 is 11.8 Å². The Hall–Kier alpha value is -1.91. The molecule has 2 fully saturated rings. The number of imide groups is 1. The lowest BCUT2D eigenvalue weighted by molar-refractivity contribution is -0.141. The van der Waals surface area contributed by atoms with Crippen LogP contribution in [0.3, 0.4) is 0 Å². The molecule has 1 aromatic carbocycles. The first-order valence-electron chi connectivity index (χ1n) is 9.36. The highest BCUT2D eigenvalue weighted by atomic mass is 32.2. The van der Waals surface area contributed by atoms with E-state index in [9.17, 15) is 22.8 Å². The normalized spacial score (nSPS) is 17.8. The van der Waals surface area contributed by atoms with Crippen LogP contribution in [0.2, 0.25) is 0 Å². The van der Waals surface area contributed by atoms with Crippen LogP contribution in [-0.2, 0) is 19.6 Å². The third-order valence-corrected chi connectivity index (χ3v) is 8.13. The number of hydrogen-bond acceptors (Lipinski definition) is 6. The lowest BCUT2D eigenvalue weighted by Crippen LogP contribution is -2.62. The fraction of sp³-hybridized carbons (Fsp3) is 0.526. The van der Waals surface area contributed by atoms with Gasteiger partial charge in [0.25, 0.3) is 5.24 Å². The van der Waals surface area contributed by atoms with Crippen molar-refractivity contribution in [2.75, 3.05) is 25.4 Å². The molecule has 0 aliphatic carbocycles. The minimum Gasteiger partial charge on any atom is -0.338 e. The van der Waals surface area contributed by atoms with Gasteiger partial charge in [-0.2, -0.15) is 0 Å². The molecule has 0 unspecified atom stereocenters. The van der Waals surface area contributed by atoms with Gasteiger partial charge < -0.3 is 4.90 Å².